The van der Waals surface area contributed by atoms with Crippen molar-refractivity contribution in [3.8, 4) is 0 Å². The van der Waals surface area contributed by atoms with Crippen molar-refractivity contribution >= 4 is 29.6 Å². The summed E-state index contributed by atoms with van der Waals surface area (Å²) in [5, 5.41) is 40.0. The van der Waals surface area contributed by atoms with Gasteiger partial charge in [-0.1, -0.05) is 12.1 Å². The fourth-order valence-corrected chi connectivity index (χ4v) is 1.14. The van der Waals surface area contributed by atoms with Gasteiger partial charge in [-0.25, -0.2) is 0 Å². The van der Waals surface area contributed by atoms with Crippen LogP contribution in [0.3, 0.4) is 0 Å². The number of hydrogen-bond donors (Lipinski definition) is 6. The molecule has 30 heavy (non-hydrogen) atoms. The number of aliphatic carboxylic acids is 4. The van der Waals surface area contributed by atoms with Crippen LogP contribution in [0.1, 0.15) is 33.3 Å². The molecule has 8 N–H and O–H groups in total. The first-order valence-electron chi connectivity index (χ1n) is 8.03. The molecular formula is C17H29N3O10. The Morgan fingerprint density at radius 1 is 0.867 bits per heavy atom. The number of non-ortho nitro benzene ring substituents is 1. The summed E-state index contributed by atoms with van der Waals surface area (Å²) >= 11 is 0. The molecule has 0 saturated heterocycles. The Morgan fingerprint density at radius 3 is 1.33 bits per heavy atom. The molecule has 1 aromatic carbocycles. The van der Waals surface area contributed by atoms with Gasteiger partial charge in [0.1, 0.15) is 0 Å². The normalized spacial score (nSPS) is 9.13. The maximum atomic E-state index is 10.4. The second-order valence-electron chi connectivity index (χ2n) is 5.20. The van der Waals surface area contributed by atoms with Crippen molar-refractivity contribution in [2.45, 2.75) is 40.2 Å². The molecule has 0 amide bonds. The summed E-state index contributed by atoms with van der Waals surface area (Å²) in [6, 6.07) is 6.26. The van der Waals surface area contributed by atoms with Gasteiger partial charge in [0, 0.05) is 52.4 Å². The summed E-state index contributed by atoms with van der Waals surface area (Å²) in [5.41, 5.74) is 12.1. The van der Waals surface area contributed by atoms with Crippen molar-refractivity contribution in [3.05, 3.63) is 39.9 Å². The lowest BCUT2D eigenvalue weighted by Gasteiger charge is -2.07. The molecule has 172 valence electrons. The molecule has 1 aromatic rings. The molecule has 0 fully saturated rings. The molecule has 1 atom stereocenters. The van der Waals surface area contributed by atoms with E-state index >= 15 is 0 Å². The molecule has 0 heterocycles. The summed E-state index contributed by atoms with van der Waals surface area (Å²) < 4.78 is 0. The van der Waals surface area contributed by atoms with E-state index < -0.39 is 28.8 Å². The maximum Gasteiger partial charge on any atom is 0.300 e. The Labute approximate surface area is 173 Å². The molecule has 1 unspecified atom stereocenters. The van der Waals surface area contributed by atoms with Crippen molar-refractivity contribution in [1.29, 1.82) is 0 Å². The molecular weight excluding hydrogens is 406 g/mol. The molecule has 13 nitrogen and oxygen atoms in total. The second-order valence-corrected chi connectivity index (χ2v) is 5.20. The van der Waals surface area contributed by atoms with Crippen molar-refractivity contribution in [1.82, 2.24) is 0 Å². The number of carbonyl (C=O) groups is 4. The van der Waals surface area contributed by atoms with Crippen molar-refractivity contribution in [2.75, 3.05) is 6.54 Å². The number of hydrogen-bond acceptors (Lipinski definition) is 8. The lowest BCUT2D eigenvalue weighted by atomic mass is 10.1. The van der Waals surface area contributed by atoms with Crippen LogP contribution in [0.5, 0.6) is 0 Å². The second kappa shape index (κ2) is 21.7. The molecule has 0 aliphatic carbocycles. The van der Waals surface area contributed by atoms with Gasteiger partial charge in [0.05, 0.1) is 4.92 Å². The van der Waals surface area contributed by atoms with Gasteiger partial charge in [0.25, 0.3) is 29.6 Å². The van der Waals surface area contributed by atoms with Crippen molar-refractivity contribution in [3.63, 3.8) is 0 Å². The number of nitrogens with zero attached hydrogens (tertiary/aromatic N) is 1. The van der Waals surface area contributed by atoms with Crippen LogP contribution in [0.15, 0.2) is 24.3 Å². The van der Waals surface area contributed by atoms with E-state index in [0.717, 1.165) is 33.3 Å². The molecule has 0 saturated carbocycles. The highest BCUT2D eigenvalue weighted by Crippen LogP contribution is 2.12. The predicted octanol–water partition coefficient (Wildman–Crippen LogP) is 0.787. The average molecular weight is 435 g/mol. The zero-order valence-electron chi connectivity index (χ0n) is 17.1. The minimum absolute atomic E-state index is 0.0866. The monoisotopic (exact) mass is 435 g/mol. The highest BCUT2D eigenvalue weighted by atomic mass is 16.6. The fraction of sp³-hybridized carbons (Fsp3) is 0.412. The maximum absolute atomic E-state index is 10.4. The molecule has 0 spiro atoms. The Balaban J connectivity index is -0.000000174. The Kier molecular flexibility index (Phi) is 24.6. The minimum Gasteiger partial charge on any atom is -0.481 e. The molecule has 0 aliphatic rings. The van der Waals surface area contributed by atoms with Crippen LogP contribution in [0, 0.1) is 10.1 Å². The van der Waals surface area contributed by atoms with E-state index in [9.17, 15) is 10.1 Å². The van der Waals surface area contributed by atoms with Gasteiger partial charge in [0.15, 0.2) is 0 Å². The zero-order valence-corrected chi connectivity index (χ0v) is 17.1. The molecule has 0 bridgehead atoms. The predicted molar refractivity (Wildman–Crippen MR) is 107 cm³/mol. The van der Waals surface area contributed by atoms with E-state index in [1.165, 1.54) is 12.1 Å². The number of carboxylic acids is 4. The van der Waals surface area contributed by atoms with Crippen LogP contribution in [0.4, 0.5) is 5.69 Å². The summed E-state index contributed by atoms with van der Waals surface area (Å²) in [6.07, 6.45) is 0.647. The van der Waals surface area contributed by atoms with Gasteiger partial charge in [-0.3, -0.25) is 29.3 Å². The Hall–Kier alpha value is -3.58. The number of nitrogens with two attached hydrogens (primary N) is 2. The number of carboxylic acid groups (broad SMARTS) is 4. The fourth-order valence-electron chi connectivity index (χ4n) is 1.14. The van der Waals surface area contributed by atoms with Crippen LogP contribution in [0.2, 0.25) is 0 Å². The third kappa shape index (κ3) is 49.7. The van der Waals surface area contributed by atoms with Crippen LogP contribution < -0.4 is 11.5 Å². The number of rotatable bonds is 4. The van der Waals surface area contributed by atoms with Gasteiger partial charge in [0.2, 0.25) is 0 Å². The largest absolute Gasteiger partial charge is 0.481 e. The standard InChI is InChI=1S/C9H13N3O2.4C2H4O2/c10-6-8(11)5-7-1-3-9(4-2-7)12(13)14;4*1-2(3)4/h1-4,8H,5-6,10-11H2;4*1H3,(H,3,4). The number of nitro groups is 1. The zero-order chi connectivity index (χ0) is 24.9. The smallest absolute Gasteiger partial charge is 0.300 e. The van der Waals surface area contributed by atoms with Crippen LogP contribution >= 0.6 is 0 Å². The quantitative estimate of drug-likeness (QED) is 0.284. The summed E-state index contributed by atoms with van der Waals surface area (Å²) in [5.74, 6) is -3.33. The molecule has 13 heteroatoms. The van der Waals surface area contributed by atoms with Gasteiger partial charge in [-0.05, 0) is 12.0 Å². The highest BCUT2D eigenvalue weighted by Gasteiger charge is 2.05. The van der Waals surface area contributed by atoms with E-state index in [0.29, 0.717) is 13.0 Å². The van der Waals surface area contributed by atoms with Gasteiger partial charge < -0.3 is 31.9 Å². The lowest BCUT2D eigenvalue weighted by molar-refractivity contribution is -0.384. The third-order valence-corrected chi connectivity index (χ3v) is 1.95. The van der Waals surface area contributed by atoms with Crippen molar-refractivity contribution < 1.29 is 44.5 Å². The Bertz CT molecular complexity index is 584. The molecule has 0 radical (unpaired) electrons. The van der Waals surface area contributed by atoms with Crippen molar-refractivity contribution in [2.24, 2.45) is 11.5 Å². The van der Waals surface area contributed by atoms with E-state index in [1.807, 2.05) is 0 Å². The average Bonchev–Trinajstić information content (AvgIpc) is 2.53. The summed E-state index contributed by atoms with van der Waals surface area (Å²) in [4.78, 5) is 45.9. The SMILES string of the molecule is CC(=O)O.CC(=O)O.CC(=O)O.CC(=O)O.NCC(N)Cc1ccc([N+](=O)[O-])cc1. The first kappa shape index (κ1) is 34.0. The van der Waals surface area contributed by atoms with E-state index in [1.54, 1.807) is 12.1 Å². The van der Waals surface area contributed by atoms with Crippen LogP contribution in [-0.4, -0.2) is 61.8 Å². The third-order valence-electron chi connectivity index (χ3n) is 1.95. The van der Waals surface area contributed by atoms with Gasteiger partial charge in [-0.15, -0.1) is 0 Å². The first-order chi connectivity index (χ1) is 13.6. The first-order valence-corrected chi connectivity index (χ1v) is 8.03. The summed E-state index contributed by atoms with van der Waals surface area (Å²) in [7, 11) is 0. The van der Waals surface area contributed by atoms with E-state index in [-0.39, 0.29) is 11.7 Å². The van der Waals surface area contributed by atoms with Gasteiger partial charge in [-0.2, -0.15) is 0 Å². The minimum atomic E-state index is -0.833. The Morgan fingerprint density at radius 2 is 1.13 bits per heavy atom. The van der Waals surface area contributed by atoms with Gasteiger partial charge >= 0.3 is 0 Å². The van der Waals surface area contributed by atoms with E-state index in [4.69, 9.17) is 51.1 Å². The lowest BCUT2D eigenvalue weighted by Crippen LogP contribution is -2.31. The number of benzene rings is 1. The number of nitro benzene ring substituents is 1. The highest BCUT2D eigenvalue weighted by molar-refractivity contribution is 5.63. The molecule has 0 aliphatic heterocycles. The topological polar surface area (TPSA) is 244 Å². The van der Waals surface area contributed by atoms with Crippen LogP contribution in [0.25, 0.3) is 0 Å². The molecule has 0 aromatic heterocycles. The summed E-state index contributed by atoms with van der Waals surface area (Å²) in [6.45, 7) is 4.75. The van der Waals surface area contributed by atoms with E-state index in [2.05, 4.69) is 0 Å². The van der Waals surface area contributed by atoms with Crippen LogP contribution in [-0.2, 0) is 25.6 Å². The molecule has 1 rings (SSSR count).